The fourth-order valence-corrected chi connectivity index (χ4v) is 0.928. The topological polar surface area (TPSA) is 35.5 Å². The number of hydrogen-bond acceptors (Lipinski definition) is 3. The zero-order chi connectivity index (χ0) is 8.91. The first kappa shape index (κ1) is 10.9. The summed E-state index contributed by atoms with van der Waals surface area (Å²) in [6.45, 7) is 1.69. The molecule has 0 aromatic rings. The predicted octanol–water partition coefficient (Wildman–Crippen LogP) is 2.34. The van der Waals surface area contributed by atoms with Crippen LogP contribution in [0.25, 0.3) is 0 Å². The first-order chi connectivity index (χ1) is 4.95. The average molecular weight is 192 g/mol. The molecule has 0 aliphatic heterocycles. The van der Waals surface area contributed by atoms with Gasteiger partial charge in [0.2, 0.25) is 0 Å². The van der Waals surface area contributed by atoms with Crippen molar-refractivity contribution in [3.8, 4) is 0 Å². The third kappa shape index (κ3) is 7.84. The molecule has 0 aromatic carbocycles. The second-order valence-corrected chi connectivity index (χ2v) is 2.64. The molecular formula is C4H8F3O3P. The van der Waals surface area contributed by atoms with E-state index in [0.717, 1.165) is 0 Å². The van der Waals surface area contributed by atoms with Gasteiger partial charge in [0.25, 0.3) is 0 Å². The third-order valence-electron chi connectivity index (χ3n) is 0.623. The van der Waals surface area contributed by atoms with Gasteiger partial charge in [-0.2, -0.15) is 0 Å². The van der Waals surface area contributed by atoms with Crippen LogP contribution >= 0.6 is 8.25 Å². The molecule has 0 aromatic heterocycles. The molecule has 0 rings (SSSR count). The Hall–Kier alpha value is -0.0600. The Morgan fingerprint density at radius 3 is 2.36 bits per heavy atom. The molecule has 0 bridgehead atoms. The summed E-state index contributed by atoms with van der Waals surface area (Å²) in [6.07, 6.45) is -4.37. The van der Waals surface area contributed by atoms with E-state index in [9.17, 15) is 17.7 Å². The van der Waals surface area contributed by atoms with Crippen LogP contribution in [0, 0.1) is 0 Å². The molecule has 0 saturated carbocycles. The Kier molecular flexibility index (Phi) is 4.72. The van der Waals surface area contributed by atoms with Gasteiger partial charge in [0.15, 0.2) is 0 Å². The summed E-state index contributed by atoms with van der Waals surface area (Å²) < 4.78 is 51.2. The van der Waals surface area contributed by atoms with Crippen LogP contribution in [0.2, 0.25) is 0 Å². The molecule has 0 aliphatic rings. The summed E-state index contributed by atoms with van der Waals surface area (Å²) in [7, 11) is -3.38. The quantitative estimate of drug-likeness (QED) is 0.641. The van der Waals surface area contributed by atoms with Gasteiger partial charge < -0.3 is 4.52 Å². The molecule has 1 atom stereocenters. The van der Waals surface area contributed by atoms with Gasteiger partial charge in [-0.05, 0) is 6.42 Å². The van der Waals surface area contributed by atoms with Crippen molar-refractivity contribution < 1.29 is 26.8 Å². The van der Waals surface area contributed by atoms with Crippen LogP contribution in [0.15, 0.2) is 0 Å². The predicted molar refractivity (Wildman–Crippen MR) is 32.4 cm³/mol. The van der Waals surface area contributed by atoms with E-state index in [2.05, 4.69) is 9.05 Å². The summed E-state index contributed by atoms with van der Waals surface area (Å²) in [5.41, 5.74) is 0. The van der Waals surface area contributed by atoms with Crippen molar-refractivity contribution in [2.24, 2.45) is 0 Å². The van der Waals surface area contributed by atoms with Crippen LogP contribution in [-0.4, -0.2) is 13.0 Å². The van der Waals surface area contributed by atoms with E-state index in [4.69, 9.17) is 0 Å². The second-order valence-electron chi connectivity index (χ2n) is 1.65. The Morgan fingerprint density at radius 1 is 1.45 bits per heavy atom. The van der Waals surface area contributed by atoms with E-state index in [-0.39, 0.29) is 6.61 Å². The number of halogens is 3. The van der Waals surface area contributed by atoms with Gasteiger partial charge in [-0.25, -0.2) is 4.52 Å². The lowest BCUT2D eigenvalue weighted by Crippen LogP contribution is -2.08. The molecule has 7 heteroatoms. The normalized spacial score (nSPS) is 14.9. The minimum absolute atomic E-state index is 0.00781. The van der Waals surface area contributed by atoms with Gasteiger partial charge in [0, 0.05) is 0 Å². The van der Waals surface area contributed by atoms with Gasteiger partial charge >= 0.3 is 14.6 Å². The SMILES string of the molecule is CCCO[PH](=O)OC(F)(F)F. The molecule has 0 saturated heterocycles. The summed E-state index contributed by atoms with van der Waals surface area (Å²) in [4.78, 5) is 0. The maximum atomic E-state index is 11.3. The van der Waals surface area contributed by atoms with Crippen molar-refractivity contribution in [3.63, 3.8) is 0 Å². The van der Waals surface area contributed by atoms with Crippen molar-refractivity contribution in [1.29, 1.82) is 0 Å². The number of rotatable bonds is 4. The zero-order valence-electron chi connectivity index (χ0n) is 5.77. The monoisotopic (exact) mass is 192 g/mol. The van der Waals surface area contributed by atoms with Gasteiger partial charge in [-0.1, -0.05) is 6.92 Å². The number of hydrogen-bond donors (Lipinski definition) is 0. The Bertz CT molecular complexity index is 135. The largest absolute Gasteiger partial charge is 0.529 e. The average Bonchev–Trinajstić information content (AvgIpc) is 1.79. The van der Waals surface area contributed by atoms with Crippen LogP contribution in [0.4, 0.5) is 13.2 Å². The molecule has 1 unspecified atom stereocenters. The van der Waals surface area contributed by atoms with Gasteiger partial charge in [-0.3, -0.25) is 4.57 Å². The van der Waals surface area contributed by atoms with Gasteiger partial charge in [0.1, 0.15) is 0 Å². The van der Waals surface area contributed by atoms with E-state index >= 15 is 0 Å². The molecule has 0 N–H and O–H groups in total. The summed E-state index contributed by atoms with van der Waals surface area (Å²) in [5.74, 6) is 0. The lowest BCUT2D eigenvalue weighted by molar-refractivity contribution is -0.275. The first-order valence-electron chi connectivity index (χ1n) is 2.88. The minimum Gasteiger partial charge on any atom is -0.310 e. The molecule has 0 aliphatic carbocycles. The Labute approximate surface area is 62.4 Å². The van der Waals surface area contributed by atoms with E-state index < -0.39 is 14.6 Å². The first-order valence-corrected chi connectivity index (χ1v) is 4.10. The maximum absolute atomic E-state index is 11.3. The Balaban J connectivity index is 3.53. The van der Waals surface area contributed by atoms with Crippen molar-refractivity contribution >= 4 is 8.25 Å². The standard InChI is InChI=1S/C4H8F3O3P/c1-2-3-9-11(8)10-4(5,6)7/h11H,2-3H2,1H3. The molecule has 0 fully saturated rings. The highest BCUT2D eigenvalue weighted by molar-refractivity contribution is 7.33. The summed E-state index contributed by atoms with van der Waals surface area (Å²) in [6, 6.07) is 0. The third-order valence-corrected chi connectivity index (χ3v) is 1.46. The van der Waals surface area contributed by atoms with E-state index in [0.29, 0.717) is 6.42 Å². The van der Waals surface area contributed by atoms with E-state index in [1.165, 1.54) is 0 Å². The van der Waals surface area contributed by atoms with Crippen LogP contribution < -0.4 is 0 Å². The van der Waals surface area contributed by atoms with Crippen molar-refractivity contribution in [3.05, 3.63) is 0 Å². The fourth-order valence-electron chi connectivity index (χ4n) is 0.309. The smallest absolute Gasteiger partial charge is 0.310 e. The van der Waals surface area contributed by atoms with Crippen LogP contribution in [0.3, 0.4) is 0 Å². The molecule has 0 spiro atoms. The second kappa shape index (κ2) is 4.74. The Morgan fingerprint density at radius 2 is 2.00 bits per heavy atom. The van der Waals surface area contributed by atoms with Crippen molar-refractivity contribution in [1.82, 2.24) is 0 Å². The lowest BCUT2D eigenvalue weighted by atomic mass is 10.5. The molecule has 0 radical (unpaired) electrons. The molecule has 0 amide bonds. The summed E-state index contributed by atoms with van der Waals surface area (Å²) >= 11 is 0. The molecule has 68 valence electrons. The number of alkyl halides is 3. The van der Waals surface area contributed by atoms with E-state index in [1.807, 2.05) is 0 Å². The van der Waals surface area contributed by atoms with Crippen molar-refractivity contribution in [2.75, 3.05) is 6.61 Å². The highest BCUT2D eigenvalue weighted by atomic mass is 31.1. The van der Waals surface area contributed by atoms with E-state index in [1.54, 1.807) is 6.92 Å². The lowest BCUT2D eigenvalue weighted by Gasteiger charge is -2.06. The van der Waals surface area contributed by atoms with Crippen molar-refractivity contribution in [2.45, 2.75) is 19.7 Å². The van der Waals surface area contributed by atoms with Crippen LogP contribution in [0.1, 0.15) is 13.3 Å². The maximum Gasteiger partial charge on any atom is 0.529 e. The minimum atomic E-state index is -4.87. The molecule has 3 nitrogen and oxygen atoms in total. The zero-order valence-corrected chi connectivity index (χ0v) is 6.77. The summed E-state index contributed by atoms with van der Waals surface area (Å²) in [5, 5.41) is 0. The fraction of sp³-hybridized carbons (Fsp3) is 1.00. The molecule has 11 heavy (non-hydrogen) atoms. The van der Waals surface area contributed by atoms with Crippen LogP contribution in [-0.2, 0) is 13.6 Å². The molecule has 0 heterocycles. The van der Waals surface area contributed by atoms with Gasteiger partial charge in [-0.15, -0.1) is 13.2 Å². The highest BCUT2D eigenvalue weighted by Crippen LogP contribution is 2.34. The van der Waals surface area contributed by atoms with Gasteiger partial charge in [0.05, 0.1) is 6.61 Å². The highest BCUT2D eigenvalue weighted by Gasteiger charge is 2.32. The van der Waals surface area contributed by atoms with Crippen LogP contribution in [0.5, 0.6) is 0 Å². The molecular weight excluding hydrogens is 184 g/mol.